The molecule has 1 heterocycles. The number of anilines is 1. The average molecular weight is 168 g/mol. The molecule has 66 valence electrons. The summed E-state index contributed by atoms with van der Waals surface area (Å²) in [6.45, 7) is 2.18. The number of aromatic nitrogens is 2. The van der Waals surface area contributed by atoms with E-state index < -0.39 is 0 Å². The molecule has 0 amide bonds. The highest BCUT2D eigenvalue weighted by Crippen LogP contribution is 2.17. The van der Waals surface area contributed by atoms with Crippen molar-refractivity contribution >= 4 is 5.95 Å². The summed E-state index contributed by atoms with van der Waals surface area (Å²) < 4.78 is 4.99. The molecule has 0 radical (unpaired) electrons. The Labute approximate surface area is 70.8 Å². The third kappa shape index (κ3) is 1.45. The van der Waals surface area contributed by atoms with Crippen molar-refractivity contribution in [3.63, 3.8) is 0 Å². The molecule has 0 aliphatic carbocycles. The van der Waals surface area contributed by atoms with Gasteiger partial charge in [-0.2, -0.15) is 4.98 Å². The van der Waals surface area contributed by atoms with Gasteiger partial charge in [-0.1, -0.05) is 0 Å². The van der Waals surface area contributed by atoms with E-state index >= 15 is 0 Å². The van der Waals surface area contributed by atoms with Crippen molar-refractivity contribution in [2.75, 3.05) is 12.8 Å². The summed E-state index contributed by atoms with van der Waals surface area (Å²) in [5, 5.41) is 0. The fraction of sp³-hybridized carbons (Fsp3) is 0.429. The number of hydrogen-bond acceptors (Lipinski definition) is 5. The van der Waals surface area contributed by atoms with Crippen molar-refractivity contribution in [2.45, 2.75) is 13.5 Å². The fourth-order valence-electron chi connectivity index (χ4n) is 0.994. The van der Waals surface area contributed by atoms with Crippen LogP contribution in [0.1, 0.15) is 11.3 Å². The zero-order chi connectivity index (χ0) is 9.14. The third-order valence-electron chi connectivity index (χ3n) is 1.59. The number of nitrogens with two attached hydrogens (primary N) is 2. The molecule has 0 bridgehead atoms. The number of aryl methyl sites for hydroxylation is 1. The highest BCUT2D eigenvalue weighted by Gasteiger charge is 2.08. The molecule has 0 atom stereocenters. The van der Waals surface area contributed by atoms with E-state index in [1.165, 1.54) is 7.11 Å². The summed E-state index contributed by atoms with van der Waals surface area (Å²) in [5.41, 5.74) is 12.5. The van der Waals surface area contributed by atoms with Gasteiger partial charge in [0.2, 0.25) is 11.8 Å². The minimum Gasteiger partial charge on any atom is -0.481 e. The first kappa shape index (κ1) is 8.73. The van der Waals surface area contributed by atoms with Crippen LogP contribution in [0.15, 0.2) is 0 Å². The van der Waals surface area contributed by atoms with Gasteiger partial charge in [-0.3, -0.25) is 0 Å². The van der Waals surface area contributed by atoms with Crippen molar-refractivity contribution in [1.82, 2.24) is 9.97 Å². The van der Waals surface area contributed by atoms with Gasteiger partial charge in [0.05, 0.1) is 12.8 Å². The van der Waals surface area contributed by atoms with E-state index in [0.29, 0.717) is 12.4 Å². The molecule has 0 saturated heterocycles. The molecule has 0 aliphatic heterocycles. The Morgan fingerprint density at radius 3 is 2.58 bits per heavy atom. The summed E-state index contributed by atoms with van der Waals surface area (Å²) in [6.07, 6.45) is 0. The number of hydrogen-bond donors (Lipinski definition) is 2. The van der Waals surface area contributed by atoms with Crippen molar-refractivity contribution < 1.29 is 4.74 Å². The predicted molar refractivity (Wildman–Crippen MR) is 45.6 cm³/mol. The molecule has 5 nitrogen and oxygen atoms in total. The van der Waals surface area contributed by atoms with Gasteiger partial charge in [-0.25, -0.2) is 4.98 Å². The first-order valence-electron chi connectivity index (χ1n) is 3.56. The lowest BCUT2D eigenvalue weighted by atomic mass is 10.2. The lowest BCUT2D eigenvalue weighted by Crippen LogP contribution is -2.08. The molecule has 1 rings (SSSR count). The van der Waals surface area contributed by atoms with E-state index in [1.54, 1.807) is 0 Å². The zero-order valence-electron chi connectivity index (χ0n) is 7.16. The Bertz CT molecular complexity index is 287. The normalized spacial score (nSPS) is 9.92. The second-order valence-corrected chi connectivity index (χ2v) is 2.36. The largest absolute Gasteiger partial charge is 0.481 e. The quantitative estimate of drug-likeness (QED) is 0.640. The first-order chi connectivity index (χ1) is 5.69. The van der Waals surface area contributed by atoms with Crippen molar-refractivity contribution in [3.05, 3.63) is 11.3 Å². The third-order valence-corrected chi connectivity index (χ3v) is 1.59. The average Bonchev–Trinajstić information content (AvgIpc) is 2.03. The number of methoxy groups -OCH3 is 1. The van der Waals surface area contributed by atoms with Gasteiger partial charge in [0, 0.05) is 12.1 Å². The molecular formula is C7H12N4O. The van der Waals surface area contributed by atoms with Gasteiger partial charge in [-0.05, 0) is 6.92 Å². The summed E-state index contributed by atoms with van der Waals surface area (Å²) >= 11 is 0. The topological polar surface area (TPSA) is 87.0 Å². The Morgan fingerprint density at radius 2 is 2.08 bits per heavy atom. The smallest absolute Gasteiger partial charge is 0.223 e. The van der Waals surface area contributed by atoms with E-state index in [9.17, 15) is 0 Å². The van der Waals surface area contributed by atoms with E-state index in [2.05, 4.69) is 9.97 Å². The standard InChI is InChI=1S/C7H12N4O/c1-4-5(3-8)6(12-2)11-7(9)10-4/h3,8H2,1-2H3,(H2,9,10,11). The molecule has 0 aromatic carbocycles. The van der Waals surface area contributed by atoms with Crippen molar-refractivity contribution in [1.29, 1.82) is 0 Å². The molecule has 0 unspecified atom stereocenters. The molecule has 0 aliphatic rings. The lowest BCUT2D eigenvalue weighted by molar-refractivity contribution is 0.391. The minimum absolute atomic E-state index is 0.210. The van der Waals surface area contributed by atoms with E-state index in [0.717, 1.165) is 11.3 Å². The molecular weight excluding hydrogens is 156 g/mol. The Kier molecular flexibility index (Phi) is 2.44. The van der Waals surface area contributed by atoms with Crippen molar-refractivity contribution in [2.24, 2.45) is 5.73 Å². The monoisotopic (exact) mass is 168 g/mol. The van der Waals surface area contributed by atoms with Gasteiger partial charge in [0.25, 0.3) is 0 Å². The predicted octanol–water partition coefficient (Wildman–Crippen LogP) is -0.165. The Morgan fingerprint density at radius 1 is 1.42 bits per heavy atom. The van der Waals surface area contributed by atoms with Crippen LogP contribution in [0, 0.1) is 6.92 Å². The van der Waals surface area contributed by atoms with Crippen LogP contribution >= 0.6 is 0 Å². The van der Waals surface area contributed by atoms with Gasteiger partial charge < -0.3 is 16.2 Å². The maximum absolute atomic E-state index is 5.48. The lowest BCUT2D eigenvalue weighted by Gasteiger charge is -2.07. The highest BCUT2D eigenvalue weighted by molar-refractivity contribution is 5.35. The molecule has 1 aromatic rings. The summed E-state index contributed by atoms with van der Waals surface area (Å²) in [6, 6.07) is 0. The number of nitrogen functional groups attached to an aromatic ring is 1. The van der Waals surface area contributed by atoms with Crippen LogP contribution in [0.4, 0.5) is 5.95 Å². The SMILES string of the molecule is COc1nc(N)nc(C)c1CN. The zero-order valence-corrected chi connectivity index (χ0v) is 7.16. The van der Waals surface area contributed by atoms with Crippen LogP contribution < -0.4 is 16.2 Å². The molecule has 0 saturated carbocycles. The first-order valence-corrected chi connectivity index (χ1v) is 3.56. The molecule has 4 N–H and O–H groups in total. The Hall–Kier alpha value is -1.36. The number of rotatable bonds is 2. The molecule has 0 spiro atoms. The maximum atomic E-state index is 5.48. The Balaban J connectivity index is 3.24. The summed E-state index contributed by atoms with van der Waals surface area (Å²) in [5.74, 6) is 0.670. The van der Waals surface area contributed by atoms with E-state index in [-0.39, 0.29) is 5.95 Å². The molecule has 12 heavy (non-hydrogen) atoms. The van der Waals surface area contributed by atoms with Crippen LogP contribution in [0.3, 0.4) is 0 Å². The van der Waals surface area contributed by atoms with Gasteiger partial charge in [0.15, 0.2) is 0 Å². The van der Waals surface area contributed by atoms with Crippen LogP contribution in [-0.4, -0.2) is 17.1 Å². The van der Waals surface area contributed by atoms with Crippen LogP contribution in [-0.2, 0) is 6.54 Å². The maximum Gasteiger partial charge on any atom is 0.223 e. The number of ether oxygens (including phenoxy) is 1. The second kappa shape index (κ2) is 3.36. The van der Waals surface area contributed by atoms with Crippen LogP contribution in [0.2, 0.25) is 0 Å². The van der Waals surface area contributed by atoms with Crippen LogP contribution in [0.5, 0.6) is 5.88 Å². The van der Waals surface area contributed by atoms with Gasteiger partial charge in [-0.15, -0.1) is 0 Å². The van der Waals surface area contributed by atoms with Gasteiger partial charge in [0.1, 0.15) is 0 Å². The highest BCUT2D eigenvalue weighted by atomic mass is 16.5. The van der Waals surface area contributed by atoms with Crippen molar-refractivity contribution in [3.8, 4) is 5.88 Å². The van der Waals surface area contributed by atoms with E-state index in [4.69, 9.17) is 16.2 Å². The molecule has 0 fully saturated rings. The van der Waals surface area contributed by atoms with Crippen LogP contribution in [0.25, 0.3) is 0 Å². The molecule has 1 aromatic heterocycles. The van der Waals surface area contributed by atoms with E-state index in [1.807, 2.05) is 6.92 Å². The fourth-order valence-corrected chi connectivity index (χ4v) is 0.994. The summed E-state index contributed by atoms with van der Waals surface area (Å²) in [7, 11) is 1.53. The number of nitrogens with zero attached hydrogens (tertiary/aromatic N) is 2. The van der Waals surface area contributed by atoms with Gasteiger partial charge >= 0.3 is 0 Å². The minimum atomic E-state index is 0.210. The summed E-state index contributed by atoms with van der Waals surface area (Å²) in [4.78, 5) is 7.85. The second-order valence-electron chi connectivity index (χ2n) is 2.36. The molecule has 5 heteroatoms.